The topological polar surface area (TPSA) is 12.9 Å². The van der Waals surface area contributed by atoms with E-state index in [1.165, 1.54) is 4.90 Å². The molecular formula is C7H8NS. The van der Waals surface area contributed by atoms with Crippen molar-refractivity contribution in [3.05, 3.63) is 24.0 Å². The number of pyridine rings is 1. The number of aromatic nitrogens is 1. The Morgan fingerprint density at radius 3 is 2.89 bits per heavy atom. The average molecular weight is 138 g/mol. The zero-order valence-electron chi connectivity index (χ0n) is 5.51. The lowest BCUT2D eigenvalue weighted by Gasteiger charge is -1.93. The van der Waals surface area contributed by atoms with Gasteiger partial charge in [0.05, 0.1) is 6.20 Å². The summed E-state index contributed by atoms with van der Waals surface area (Å²) < 4.78 is 0. The molecule has 0 aliphatic heterocycles. The van der Waals surface area contributed by atoms with E-state index in [9.17, 15) is 0 Å². The molecule has 1 heterocycles. The van der Waals surface area contributed by atoms with E-state index in [0.717, 1.165) is 5.56 Å². The van der Waals surface area contributed by atoms with Gasteiger partial charge < -0.3 is 0 Å². The fourth-order valence-corrected chi connectivity index (χ4v) is 1.05. The second-order valence-corrected chi connectivity index (χ2v) is 2.68. The van der Waals surface area contributed by atoms with Crippen molar-refractivity contribution >= 4 is 11.8 Å². The van der Waals surface area contributed by atoms with Crippen LogP contribution in [0, 0.1) is 13.1 Å². The molecule has 2 heteroatoms. The van der Waals surface area contributed by atoms with Gasteiger partial charge in [-0.15, -0.1) is 11.8 Å². The van der Waals surface area contributed by atoms with Gasteiger partial charge in [-0.3, -0.25) is 4.98 Å². The SMILES string of the molecule is CSc1cn[c]c(C)c1. The standard InChI is InChI=1S/C7H8NS/c1-6-3-7(9-2)5-8-4-6/h3,5H,1-2H3. The third-order valence-electron chi connectivity index (χ3n) is 1.03. The predicted molar refractivity (Wildman–Crippen MR) is 39.6 cm³/mol. The lowest BCUT2D eigenvalue weighted by Crippen LogP contribution is -1.77. The van der Waals surface area contributed by atoms with Crippen LogP contribution in [0.3, 0.4) is 0 Å². The van der Waals surface area contributed by atoms with Crippen LogP contribution in [0.2, 0.25) is 0 Å². The number of hydrogen-bond donors (Lipinski definition) is 0. The molecule has 1 aromatic heterocycles. The van der Waals surface area contributed by atoms with E-state index in [4.69, 9.17) is 0 Å². The summed E-state index contributed by atoms with van der Waals surface area (Å²) in [6, 6.07) is 2.07. The molecule has 0 fully saturated rings. The summed E-state index contributed by atoms with van der Waals surface area (Å²) in [6.07, 6.45) is 6.70. The molecule has 0 bridgehead atoms. The molecule has 0 aromatic carbocycles. The first-order chi connectivity index (χ1) is 4.33. The maximum absolute atomic E-state index is 3.91. The Balaban J connectivity index is 2.94. The Kier molecular flexibility index (Phi) is 2.11. The van der Waals surface area contributed by atoms with Crippen LogP contribution in [0.1, 0.15) is 5.56 Å². The fourth-order valence-electron chi connectivity index (χ4n) is 0.592. The van der Waals surface area contributed by atoms with Crippen molar-refractivity contribution in [2.24, 2.45) is 0 Å². The number of rotatable bonds is 1. The van der Waals surface area contributed by atoms with Crippen molar-refractivity contribution < 1.29 is 0 Å². The van der Waals surface area contributed by atoms with Gasteiger partial charge in [0.2, 0.25) is 0 Å². The summed E-state index contributed by atoms with van der Waals surface area (Å²) in [5, 5.41) is 0. The molecule has 0 saturated carbocycles. The van der Waals surface area contributed by atoms with E-state index in [-0.39, 0.29) is 0 Å². The van der Waals surface area contributed by atoms with Gasteiger partial charge >= 0.3 is 0 Å². The van der Waals surface area contributed by atoms with Gasteiger partial charge in [0.1, 0.15) is 0 Å². The molecule has 47 valence electrons. The minimum absolute atomic E-state index is 1.10. The number of thioether (sulfide) groups is 1. The molecule has 0 aliphatic carbocycles. The lowest BCUT2D eigenvalue weighted by atomic mass is 10.3. The molecule has 0 spiro atoms. The smallest absolute Gasteiger partial charge is 0.0918 e. The number of nitrogens with zero attached hydrogens (tertiary/aromatic N) is 1. The normalized spacial score (nSPS) is 9.56. The van der Waals surface area contributed by atoms with Crippen molar-refractivity contribution in [3.63, 3.8) is 0 Å². The van der Waals surface area contributed by atoms with Crippen molar-refractivity contribution in [2.75, 3.05) is 6.26 Å². The molecule has 0 N–H and O–H groups in total. The van der Waals surface area contributed by atoms with E-state index < -0.39 is 0 Å². The maximum atomic E-state index is 3.91. The summed E-state index contributed by atoms with van der Waals surface area (Å²) in [7, 11) is 0. The van der Waals surface area contributed by atoms with Crippen LogP contribution < -0.4 is 0 Å². The highest BCUT2D eigenvalue weighted by atomic mass is 32.2. The molecule has 0 atom stereocenters. The molecular weight excluding hydrogens is 130 g/mol. The predicted octanol–water partition coefficient (Wildman–Crippen LogP) is 1.91. The van der Waals surface area contributed by atoms with Gasteiger partial charge in [0.15, 0.2) is 0 Å². The Labute approximate surface area is 59.5 Å². The number of hydrogen-bond acceptors (Lipinski definition) is 2. The Hall–Kier alpha value is -0.500. The second-order valence-electron chi connectivity index (χ2n) is 1.80. The van der Waals surface area contributed by atoms with E-state index in [2.05, 4.69) is 17.2 Å². The van der Waals surface area contributed by atoms with Crippen molar-refractivity contribution in [1.29, 1.82) is 0 Å². The van der Waals surface area contributed by atoms with Gasteiger partial charge in [0, 0.05) is 11.1 Å². The summed E-state index contributed by atoms with van der Waals surface area (Å²) in [4.78, 5) is 5.11. The average Bonchev–Trinajstić information content (AvgIpc) is 1.88. The Bertz CT molecular complexity index is 198. The highest BCUT2D eigenvalue weighted by Crippen LogP contribution is 2.12. The Morgan fingerprint density at radius 1 is 1.67 bits per heavy atom. The summed E-state index contributed by atoms with van der Waals surface area (Å²) in [6.45, 7) is 1.99. The monoisotopic (exact) mass is 138 g/mol. The molecule has 1 rings (SSSR count). The largest absolute Gasteiger partial charge is 0.253 e. The first-order valence-electron chi connectivity index (χ1n) is 2.71. The van der Waals surface area contributed by atoms with Crippen LogP contribution in [0.4, 0.5) is 0 Å². The minimum Gasteiger partial charge on any atom is -0.253 e. The quantitative estimate of drug-likeness (QED) is 0.550. The zero-order chi connectivity index (χ0) is 6.69. The molecule has 1 radical (unpaired) electrons. The molecule has 0 unspecified atom stereocenters. The van der Waals surface area contributed by atoms with Crippen molar-refractivity contribution in [3.8, 4) is 0 Å². The molecule has 0 saturated heterocycles. The first kappa shape index (κ1) is 6.62. The summed E-state index contributed by atoms with van der Waals surface area (Å²) >= 11 is 1.70. The maximum Gasteiger partial charge on any atom is 0.0918 e. The summed E-state index contributed by atoms with van der Waals surface area (Å²) in [5.74, 6) is 0. The number of aryl methyl sites for hydroxylation is 1. The third kappa shape index (κ3) is 1.72. The van der Waals surface area contributed by atoms with Crippen LogP contribution in [-0.2, 0) is 0 Å². The lowest BCUT2D eigenvalue weighted by molar-refractivity contribution is 1.18. The van der Waals surface area contributed by atoms with E-state index in [1.54, 1.807) is 11.8 Å². The minimum atomic E-state index is 1.10. The fraction of sp³-hybridized carbons (Fsp3) is 0.286. The van der Waals surface area contributed by atoms with Crippen LogP contribution in [0.5, 0.6) is 0 Å². The summed E-state index contributed by atoms with van der Waals surface area (Å²) in [5.41, 5.74) is 1.10. The third-order valence-corrected chi connectivity index (χ3v) is 1.72. The van der Waals surface area contributed by atoms with E-state index >= 15 is 0 Å². The molecule has 1 aromatic rings. The molecule has 1 nitrogen and oxygen atoms in total. The molecule has 0 aliphatic rings. The Morgan fingerprint density at radius 2 is 2.44 bits per heavy atom. The van der Waals surface area contributed by atoms with Gasteiger partial charge in [-0.1, -0.05) is 0 Å². The van der Waals surface area contributed by atoms with Crippen LogP contribution in [0.15, 0.2) is 17.2 Å². The van der Waals surface area contributed by atoms with Gasteiger partial charge in [-0.25, -0.2) is 0 Å². The second kappa shape index (κ2) is 2.87. The van der Waals surface area contributed by atoms with Crippen LogP contribution >= 0.6 is 11.8 Å². The van der Waals surface area contributed by atoms with Gasteiger partial charge in [-0.2, -0.15) is 0 Å². The van der Waals surface area contributed by atoms with Gasteiger partial charge in [-0.05, 0) is 24.8 Å². The van der Waals surface area contributed by atoms with E-state index in [0.29, 0.717) is 0 Å². The highest BCUT2D eigenvalue weighted by molar-refractivity contribution is 7.98. The first-order valence-corrected chi connectivity index (χ1v) is 3.93. The molecule has 0 amide bonds. The van der Waals surface area contributed by atoms with Crippen molar-refractivity contribution in [2.45, 2.75) is 11.8 Å². The van der Waals surface area contributed by atoms with Crippen molar-refractivity contribution in [1.82, 2.24) is 4.98 Å². The van der Waals surface area contributed by atoms with Gasteiger partial charge in [0.25, 0.3) is 0 Å². The van der Waals surface area contributed by atoms with Crippen LogP contribution in [0.25, 0.3) is 0 Å². The van der Waals surface area contributed by atoms with Crippen LogP contribution in [-0.4, -0.2) is 11.2 Å². The molecule has 9 heavy (non-hydrogen) atoms. The highest BCUT2D eigenvalue weighted by Gasteiger charge is 1.88. The zero-order valence-corrected chi connectivity index (χ0v) is 6.33. The van der Waals surface area contributed by atoms with E-state index in [1.807, 2.05) is 19.4 Å².